The number of alkyl halides is 1. The number of carbonyl (C=O) groups excluding carboxylic acids is 1. The summed E-state index contributed by atoms with van der Waals surface area (Å²) >= 11 is 3.39. The molecule has 1 aliphatic heterocycles. The Labute approximate surface area is 73.8 Å². The van der Waals surface area contributed by atoms with Crippen LogP contribution in [0.2, 0.25) is 0 Å². The summed E-state index contributed by atoms with van der Waals surface area (Å²) in [6.07, 6.45) is 0. The lowest BCUT2D eigenvalue weighted by Gasteiger charge is -2.10. The summed E-state index contributed by atoms with van der Waals surface area (Å²) < 4.78 is 4.58. The molecule has 0 aliphatic carbocycles. The van der Waals surface area contributed by atoms with E-state index in [-0.39, 0.29) is 22.9 Å². The van der Waals surface area contributed by atoms with Gasteiger partial charge in [0.2, 0.25) is 0 Å². The highest BCUT2D eigenvalue weighted by molar-refractivity contribution is 9.09. The van der Waals surface area contributed by atoms with Crippen molar-refractivity contribution in [1.82, 2.24) is 10.9 Å². The van der Waals surface area contributed by atoms with E-state index in [0.29, 0.717) is 0 Å². The fraction of sp³-hybridized carbons (Fsp3) is 0.833. The first-order chi connectivity index (χ1) is 5.16. The predicted molar refractivity (Wildman–Crippen MR) is 44.3 cm³/mol. The molecular formula is C6H11BrN2O2. The van der Waals surface area contributed by atoms with Crippen molar-refractivity contribution >= 4 is 21.9 Å². The highest BCUT2D eigenvalue weighted by atomic mass is 79.9. The van der Waals surface area contributed by atoms with Crippen LogP contribution in [-0.4, -0.2) is 30.0 Å². The summed E-state index contributed by atoms with van der Waals surface area (Å²) in [6.45, 7) is 1.98. The van der Waals surface area contributed by atoms with Crippen LogP contribution in [0, 0.1) is 0 Å². The van der Waals surface area contributed by atoms with Crippen molar-refractivity contribution in [2.45, 2.75) is 23.8 Å². The number of hydrogen-bond acceptors (Lipinski definition) is 4. The van der Waals surface area contributed by atoms with Crippen molar-refractivity contribution < 1.29 is 9.53 Å². The molecule has 0 spiro atoms. The molecule has 0 aromatic carbocycles. The van der Waals surface area contributed by atoms with Gasteiger partial charge in [-0.15, -0.1) is 0 Å². The lowest BCUT2D eigenvalue weighted by atomic mass is 10.1. The topological polar surface area (TPSA) is 50.4 Å². The van der Waals surface area contributed by atoms with Crippen LogP contribution in [0.15, 0.2) is 0 Å². The van der Waals surface area contributed by atoms with E-state index in [1.807, 2.05) is 6.92 Å². The van der Waals surface area contributed by atoms with Crippen molar-refractivity contribution in [3.63, 3.8) is 0 Å². The van der Waals surface area contributed by atoms with Crippen LogP contribution < -0.4 is 10.9 Å². The van der Waals surface area contributed by atoms with Crippen LogP contribution in [0.25, 0.3) is 0 Å². The molecule has 1 rings (SSSR count). The third-order valence-corrected chi connectivity index (χ3v) is 3.04. The number of esters is 1. The van der Waals surface area contributed by atoms with Crippen LogP contribution in [0.5, 0.6) is 0 Å². The zero-order valence-electron chi connectivity index (χ0n) is 6.43. The summed E-state index contributed by atoms with van der Waals surface area (Å²) in [5.41, 5.74) is 5.77. The van der Waals surface area contributed by atoms with Crippen LogP contribution in [0.4, 0.5) is 0 Å². The molecule has 2 N–H and O–H groups in total. The maximum Gasteiger partial charge on any atom is 0.325 e. The number of ether oxygens (including phenoxy) is 1. The largest absolute Gasteiger partial charge is 0.468 e. The Morgan fingerprint density at radius 1 is 1.55 bits per heavy atom. The SMILES string of the molecule is COC(=O)C1NNC(C)C1Br. The molecule has 0 saturated carbocycles. The second kappa shape index (κ2) is 3.51. The number of rotatable bonds is 1. The molecule has 3 atom stereocenters. The minimum Gasteiger partial charge on any atom is -0.468 e. The second-order valence-corrected chi connectivity index (χ2v) is 3.58. The molecule has 1 fully saturated rings. The van der Waals surface area contributed by atoms with Gasteiger partial charge >= 0.3 is 5.97 Å². The monoisotopic (exact) mass is 222 g/mol. The Morgan fingerprint density at radius 2 is 2.18 bits per heavy atom. The normalized spacial score (nSPS) is 37.2. The molecule has 3 unspecified atom stereocenters. The number of hydrogen-bond donors (Lipinski definition) is 2. The van der Waals surface area contributed by atoms with Crippen molar-refractivity contribution in [2.24, 2.45) is 0 Å². The fourth-order valence-corrected chi connectivity index (χ4v) is 1.47. The van der Waals surface area contributed by atoms with E-state index in [2.05, 4.69) is 31.5 Å². The Morgan fingerprint density at radius 3 is 2.55 bits per heavy atom. The number of carbonyl (C=O) groups is 1. The molecule has 11 heavy (non-hydrogen) atoms. The summed E-state index contributed by atoms with van der Waals surface area (Å²) in [5.74, 6) is -0.247. The van der Waals surface area contributed by atoms with Gasteiger partial charge in [0.1, 0.15) is 6.04 Å². The highest BCUT2D eigenvalue weighted by Gasteiger charge is 2.36. The van der Waals surface area contributed by atoms with Gasteiger partial charge in [0, 0.05) is 6.04 Å². The maximum absolute atomic E-state index is 11.0. The average Bonchev–Trinajstić information content (AvgIpc) is 2.32. The summed E-state index contributed by atoms with van der Waals surface area (Å²) in [4.78, 5) is 11.1. The highest BCUT2D eigenvalue weighted by Crippen LogP contribution is 2.15. The molecule has 64 valence electrons. The smallest absolute Gasteiger partial charge is 0.325 e. The first-order valence-corrected chi connectivity index (χ1v) is 4.31. The molecule has 4 nitrogen and oxygen atoms in total. The minimum atomic E-state index is -0.282. The van der Waals surface area contributed by atoms with Crippen LogP contribution >= 0.6 is 15.9 Å². The maximum atomic E-state index is 11.0. The number of hydrazine groups is 1. The van der Waals surface area contributed by atoms with Gasteiger partial charge in [0.05, 0.1) is 11.9 Å². The zero-order chi connectivity index (χ0) is 8.43. The molecule has 5 heteroatoms. The minimum absolute atomic E-state index is 0.0925. The molecular weight excluding hydrogens is 212 g/mol. The molecule has 0 aromatic heterocycles. The van der Waals surface area contributed by atoms with Gasteiger partial charge in [-0.25, -0.2) is 5.43 Å². The van der Waals surface area contributed by atoms with Gasteiger partial charge in [-0.2, -0.15) is 0 Å². The van der Waals surface area contributed by atoms with Crippen molar-refractivity contribution in [2.75, 3.05) is 7.11 Å². The average molecular weight is 223 g/mol. The fourth-order valence-electron chi connectivity index (χ4n) is 0.985. The molecule has 1 aliphatic rings. The van der Waals surface area contributed by atoms with E-state index in [0.717, 1.165) is 0 Å². The Hall–Kier alpha value is -0.130. The van der Waals surface area contributed by atoms with E-state index in [9.17, 15) is 4.79 Å². The molecule has 0 amide bonds. The van der Waals surface area contributed by atoms with E-state index in [1.165, 1.54) is 7.11 Å². The van der Waals surface area contributed by atoms with Gasteiger partial charge in [-0.05, 0) is 6.92 Å². The van der Waals surface area contributed by atoms with Gasteiger partial charge < -0.3 is 4.74 Å². The van der Waals surface area contributed by atoms with E-state index in [4.69, 9.17) is 0 Å². The van der Waals surface area contributed by atoms with E-state index in [1.54, 1.807) is 0 Å². The predicted octanol–water partition coefficient (Wildman–Crippen LogP) is -0.212. The summed E-state index contributed by atoms with van der Waals surface area (Å²) in [7, 11) is 1.38. The van der Waals surface area contributed by atoms with Crippen molar-refractivity contribution in [3.05, 3.63) is 0 Å². The zero-order valence-corrected chi connectivity index (χ0v) is 8.01. The number of methoxy groups -OCH3 is 1. The Bertz CT molecular complexity index is 165. The van der Waals surface area contributed by atoms with Crippen molar-refractivity contribution in [1.29, 1.82) is 0 Å². The van der Waals surface area contributed by atoms with Crippen molar-refractivity contribution in [3.8, 4) is 0 Å². The number of nitrogens with one attached hydrogen (secondary N) is 2. The molecule has 0 bridgehead atoms. The summed E-state index contributed by atoms with van der Waals surface area (Å²) in [5, 5.41) is 0. The van der Waals surface area contributed by atoms with E-state index >= 15 is 0 Å². The number of halogens is 1. The van der Waals surface area contributed by atoms with Crippen LogP contribution in [-0.2, 0) is 9.53 Å². The van der Waals surface area contributed by atoms with Crippen LogP contribution in [0.3, 0.4) is 0 Å². The van der Waals surface area contributed by atoms with Gasteiger partial charge in [-0.3, -0.25) is 10.2 Å². The lowest BCUT2D eigenvalue weighted by molar-refractivity contribution is -0.142. The van der Waals surface area contributed by atoms with Crippen LogP contribution in [0.1, 0.15) is 6.92 Å². The molecule has 0 radical (unpaired) electrons. The lowest BCUT2D eigenvalue weighted by Crippen LogP contribution is -2.39. The summed E-state index contributed by atoms with van der Waals surface area (Å²) in [6, 6.07) is -0.0471. The van der Waals surface area contributed by atoms with E-state index < -0.39 is 0 Å². The Kier molecular flexibility index (Phi) is 2.86. The molecule has 1 saturated heterocycles. The standard InChI is InChI=1S/C6H11BrN2O2/c1-3-4(7)5(9-8-3)6(10)11-2/h3-5,8-9H,1-2H3. The quantitative estimate of drug-likeness (QED) is 0.477. The first kappa shape index (κ1) is 8.96. The molecule has 0 aromatic rings. The third-order valence-electron chi connectivity index (χ3n) is 1.72. The van der Waals surface area contributed by atoms with Gasteiger partial charge in [0.25, 0.3) is 0 Å². The second-order valence-electron chi connectivity index (χ2n) is 2.52. The Balaban J connectivity index is 2.54. The first-order valence-electron chi connectivity index (χ1n) is 3.39. The molecule has 1 heterocycles. The van der Waals surface area contributed by atoms with Gasteiger partial charge in [0.15, 0.2) is 0 Å². The third kappa shape index (κ3) is 1.72. The van der Waals surface area contributed by atoms with Gasteiger partial charge in [-0.1, -0.05) is 15.9 Å².